The predicted molar refractivity (Wildman–Crippen MR) is 404 cm³/mol. The molecule has 0 fully saturated rings. The van der Waals surface area contributed by atoms with Gasteiger partial charge in [0.2, 0.25) is 0 Å². The number of rotatable bonds is 11. The van der Waals surface area contributed by atoms with Crippen molar-refractivity contribution < 1.29 is 0 Å². The van der Waals surface area contributed by atoms with Crippen molar-refractivity contribution in [2.24, 2.45) is 0 Å². The van der Waals surface area contributed by atoms with Gasteiger partial charge in [-0.25, -0.2) is 29.9 Å². The third-order valence-corrected chi connectivity index (χ3v) is 26.3. The molecule has 0 saturated carbocycles. The van der Waals surface area contributed by atoms with Crippen molar-refractivity contribution in [3.8, 4) is 146 Å². The molecular weight excluding hydrogens is 1200 g/mol. The lowest BCUT2D eigenvalue weighted by Gasteiger charge is -2.18. The molecule has 0 amide bonds. The highest BCUT2D eigenvalue weighted by atomic mass is 28.3. The highest BCUT2D eigenvalue weighted by Gasteiger charge is 2.38. The molecule has 0 unspecified atom stereocenters. The van der Waals surface area contributed by atoms with E-state index in [0.717, 1.165) is 55.6 Å². The Balaban J connectivity index is 0.000000152. The second-order valence-electron chi connectivity index (χ2n) is 25.8. The Hall–Kier alpha value is -11.7. The lowest BCUT2D eigenvalue weighted by molar-refractivity contribution is 1.07. The first kappa shape index (κ1) is 59.3. The first-order valence-corrected chi connectivity index (χ1v) is 38.8. The van der Waals surface area contributed by atoms with Crippen LogP contribution in [0.4, 0.5) is 0 Å². The van der Waals surface area contributed by atoms with Crippen LogP contribution in [0.2, 0.25) is 26.2 Å². The quantitative estimate of drug-likeness (QED) is 0.120. The van der Waals surface area contributed by atoms with E-state index < -0.39 is 16.1 Å². The van der Waals surface area contributed by atoms with Crippen LogP contribution < -0.4 is 20.7 Å². The van der Waals surface area contributed by atoms with Gasteiger partial charge in [-0.1, -0.05) is 336 Å². The molecule has 2 aromatic heterocycles. The number of aromatic nitrogens is 6. The highest BCUT2D eigenvalue weighted by Crippen LogP contribution is 2.38. The minimum absolute atomic E-state index is 0.654. The van der Waals surface area contributed by atoms with Gasteiger partial charge < -0.3 is 0 Å². The number of fused-ring (bicyclic) bond motifs is 6. The lowest BCUT2D eigenvalue weighted by Crippen LogP contribution is -2.49. The van der Waals surface area contributed by atoms with Crippen LogP contribution in [-0.4, -0.2) is 46.1 Å². The summed E-state index contributed by atoms with van der Waals surface area (Å²) in [6.07, 6.45) is 0. The zero-order valence-corrected chi connectivity index (χ0v) is 55.9. The Morgan fingerprint density at radius 2 is 0.396 bits per heavy atom. The van der Waals surface area contributed by atoms with E-state index in [-0.39, 0.29) is 0 Å². The van der Waals surface area contributed by atoms with Crippen LogP contribution in [0.3, 0.4) is 0 Å². The summed E-state index contributed by atoms with van der Waals surface area (Å²) in [6, 6.07) is 116. The molecule has 0 bridgehead atoms. The highest BCUT2D eigenvalue weighted by molar-refractivity contribution is 7.04. The average molecular weight is 1260 g/mol. The molecule has 17 rings (SSSR count). The minimum Gasteiger partial charge on any atom is -0.208 e. The standard InChI is InChI=1S/C47H35N3Si.C41H31N3Si/c1-51(2)43-19-10-9-18-41(43)42-31-40(28-29-44(42)51)34-22-20-32(21-23-34)38-16-11-17-39(30-38)33-24-26-37(27-25-33)47-49-45(35-12-5-3-6-13-35)48-46(50-47)36-14-7-4-8-15-36;1-45(2)37-20-12-11-18-34(37)36-27-32(25-26-38(36)45)28-21-23-29(24-22-28)33-17-9-10-19-35(33)41-43-39(30-13-5-3-6-14-30)42-40(44-41)31-15-7-4-8-16-31/h3-31H,1-2H3;3-27H,1-2H3. The molecule has 96 heavy (non-hydrogen) atoms. The second-order valence-corrected chi connectivity index (χ2v) is 34.5. The molecule has 0 atom stereocenters. The van der Waals surface area contributed by atoms with Crippen LogP contribution in [0.15, 0.2) is 328 Å². The molecule has 0 spiro atoms. The first-order valence-electron chi connectivity index (χ1n) is 32.8. The van der Waals surface area contributed by atoms with Crippen molar-refractivity contribution in [2.75, 3.05) is 0 Å². The summed E-state index contributed by atoms with van der Waals surface area (Å²) in [6.45, 7) is 9.85. The van der Waals surface area contributed by atoms with E-state index in [2.05, 4.69) is 232 Å². The van der Waals surface area contributed by atoms with Gasteiger partial charge in [-0.3, -0.25) is 0 Å². The van der Waals surface area contributed by atoms with Crippen molar-refractivity contribution in [2.45, 2.75) is 26.2 Å². The van der Waals surface area contributed by atoms with Crippen molar-refractivity contribution in [1.82, 2.24) is 29.9 Å². The monoisotopic (exact) mass is 1260 g/mol. The van der Waals surface area contributed by atoms with Crippen molar-refractivity contribution >= 4 is 36.9 Å². The molecule has 0 aliphatic carbocycles. The molecule has 2 aliphatic rings. The van der Waals surface area contributed by atoms with Gasteiger partial charge in [0.25, 0.3) is 0 Å². The first-order chi connectivity index (χ1) is 47.1. The average Bonchev–Trinajstić information content (AvgIpc) is 1.58. The Morgan fingerprint density at radius 3 is 0.760 bits per heavy atom. The summed E-state index contributed by atoms with van der Waals surface area (Å²) in [5.74, 6) is 3.96. The van der Waals surface area contributed by atoms with Crippen molar-refractivity contribution in [1.29, 1.82) is 0 Å². The second kappa shape index (κ2) is 25.0. The van der Waals surface area contributed by atoms with Crippen LogP contribution in [0.25, 0.3) is 146 Å². The summed E-state index contributed by atoms with van der Waals surface area (Å²) < 4.78 is 0. The molecule has 0 radical (unpaired) electrons. The molecule has 0 N–H and O–H groups in total. The van der Waals surface area contributed by atoms with E-state index in [1.165, 1.54) is 71.2 Å². The van der Waals surface area contributed by atoms with Crippen LogP contribution >= 0.6 is 0 Å². The van der Waals surface area contributed by atoms with Gasteiger partial charge in [0.15, 0.2) is 34.9 Å². The Bertz CT molecular complexity index is 5260. The maximum atomic E-state index is 5.00. The van der Waals surface area contributed by atoms with Crippen LogP contribution in [0, 0.1) is 0 Å². The Morgan fingerprint density at radius 1 is 0.156 bits per heavy atom. The summed E-state index contributed by atoms with van der Waals surface area (Å²) in [5.41, 5.74) is 23.2. The molecule has 8 heteroatoms. The predicted octanol–water partition coefficient (Wildman–Crippen LogP) is 19.7. The zero-order valence-electron chi connectivity index (χ0n) is 53.9. The fourth-order valence-electron chi connectivity index (χ4n) is 14.0. The maximum Gasteiger partial charge on any atom is 0.164 e. The van der Waals surface area contributed by atoms with Crippen molar-refractivity contribution in [3.05, 3.63) is 328 Å². The van der Waals surface area contributed by atoms with E-state index in [1.54, 1.807) is 5.19 Å². The van der Waals surface area contributed by atoms with Crippen LogP contribution in [-0.2, 0) is 0 Å². The van der Waals surface area contributed by atoms with Gasteiger partial charge in [-0.2, -0.15) is 0 Å². The summed E-state index contributed by atoms with van der Waals surface area (Å²) in [7, 11) is -3.32. The normalized spacial score (nSPS) is 12.8. The van der Waals surface area contributed by atoms with Crippen LogP contribution in [0.1, 0.15) is 0 Å². The lowest BCUT2D eigenvalue weighted by atomic mass is 9.95. The number of hydrogen-bond acceptors (Lipinski definition) is 6. The number of benzene rings is 13. The molecule has 15 aromatic rings. The molecule has 6 nitrogen and oxygen atoms in total. The third-order valence-electron chi connectivity index (χ3n) is 19.2. The number of hydrogen-bond donors (Lipinski definition) is 0. The minimum atomic E-state index is -1.66. The van der Waals surface area contributed by atoms with E-state index >= 15 is 0 Å². The van der Waals surface area contributed by atoms with E-state index in [4.69, 9.17) is 29.9 Å². The molecular formula is C88H66N6Si2. The van der Waals surface area contributed by atoms with Gasteiger partial charge >= 0.3 is 0 Å². The number of nitrogens with zero attached hydrogens (tertiary/aromatic N) is 6. The summed E-state index contributed by atoms with van der Waals surface area (Å²) >= 11 is 0. The van der Waals surface area contributed by atoms with Gasteiger partial charge in [0.05, 0.1) is 0 Å². The van der Waals surface area contributed by atoms with Gasteiger partial charge in [0, 0.05) is 33.4 Å². The molecule has 0 saturated heterocycles. The molecule has 456 valence electrons. The smallest absolute Gasteiger partial charge is 0.164 e. The third kappa shape index (κ3) is 11.3. The summed E-state index contributed by atoms with van der Waals surface area (Å²) in [5, 5.41) is 6.14. The summed E-state index contributed by atoms with van der Waals surface area (Å²) in [4.78, 5) is 29.5. The largest absolute Gasteiger partial charge is 0.208 e. The molecule has 4 heterocycles. The fraction of sp³-hybridized carbons (Fsp3) is 0.0455. The Kier molecular flexibility index (Phi) is 15.4. The maximum absolute atomic E-state index is 5.00. The SMILES string of the molecule is C[Si]1(C)c2ccccc2-c2cc(-c3ccc(-c4cccc(-c5ccc(-c6nc(-c7ccccc7)nc(-c7ccccc7)n6)cc5)c4)cc3)ccc21.C[Si]1(C)c2ccccc2-c2cc(-c3ccc(-c4ccccc4-c4nc(-c5ccccc5)nc(-c5ccccc5)n4)cc3)ccc21. The van der Waals surface area contributed by atoms with E-state index in [1.807, 2.05) is 121 Å². The van der Waals surface area contributed by atoms with Gasteiger partial charge in [0.1, 0.15) is 16.1 Å². The zero-order chi connectivity index (χ0) is 64.7. The molecule has 13 aromatic carbocycles. The fourth-order valence-corrected chi connectivity index (χ4v) is 20.1. The Labute approximate surface area is 563 Å². The van der Waals surface area contributed by atoms with Crippen LogP contribution in [0.5, 0.6) is 0 Å². The van der Waals surface area contributed by atoms with E-state index in [0.29, 0.717) is 34.9 Å². The van der Waals surface area contributed by atoms with E-state index in [9.17, 15) is 0 Å². The van der Waals surface area contributed by atoms with Crippen molar-refractivity contribution in [3.63, 3.8) is 0 Å². The van der Waals surface area contributed by atoms with Gasteiger partial charge in [-0.05, 0) is 117 Å². The molecule has 2 aliphatic heterocycles. The topological polar surface area (TPSA) is 77.3 Å². The van der Waals surface area contributed by atoms with Gasteiger partial charge in [-0.15, -0.1) is 0 Å².